The Hall–Kier alpha value is -3.62. The van der Waals surface area contributed by atoms with Gasteiger partial charge in [0, 0.05) is 66.2 Å². The second kappa shape index (κ2) is 11.4. The van der Waals surface area contributed by atoms with Gasteiger partial charge in [-0.2, -0.15) is 5.10 Å². The summed E-state index contributed by atoms with van der Waals surface area (Å²) in [7, 11) is 2.15. The largest absolute Gasteiger partial charge is 0.369 e. The Balaban J connectivity index is 1.13. The van der Waals surface area contributed by atoms with Crippen molar-refractivity contribution in [1.29, 1.82) is 0 Å². The Kier molecular flexibility index (Phi) is 7.64. The third kappa shape index (κ3) is 6.13. The molecule has 0 aliphatic carbocycles. The van der Waals surface area contributed by atoms with Crippen molar-refractivity contribution in [2.75, 3.05) is 49.2 Å². The van der Waals surface area contributed by atoms with Gasteiger partial charge >= 0.3 is 0 Å². The van der Waals surface area contributed by atoms with E-state index in [9.17, 15) is 4.79 Å². The number of nitrogens with zero attached hydrogens (tertiary/aromatic N) is 4. The molecule has 1 amide bonds. The average Bonchev–Trinajstić information content (AvgIpc) is 3.31. The molecule has 4 aromatic rings. The van der Waals surface area contributed by atoms with E-state index in [1.807, 2.05) is 42.5 Å². The molecule has 1 aliphatic rings. The first kappa shape index (κ1) is 24.1. The standard InChI is InChI=1S/C28H30N6OS/c1-33-14-16-34(17-15-33)23-7-4-6-22(19-23)30-28(35)12-18-36-24-9-10-25-26(31-32-27(25)20-24)11-8-21-5-2-3-13-29-21/h2-11,13,19-20H,12,14-18H2,1H3,(H,30,35)(H,31,32)/b11-8+. The van der Waals surface area contributed by atoms with Crippen molar-refractivity contribution in [1.82, 2.24) is 20.1 Å². The van der Waals surface area contributed by atoms with Crippen LogP contribution in [0.4, 0.5) is 11.4 Å². The minimum Gasteiger partial charge on any atom is -0.369 e. The van der Waals surface area contributed by atoms with Crippen LogP contribution in [0.2, 0.25) is 0 Å². The number of carbonyl (C=O) groups excluding carboxylic acids is 1. The molecule has 2 aromatic heterocycles. The van der Waals surface area contributed by atoms with Crippen LogP contribution in [0.25, 0.3) is 23.1 Å². The minimum absolute atomic E-state index is 0.0302. The lowest BCUT2D eigenvalue weighted by molar-refractivity contribution is -0.115. The lowest BCUT2D eigenvalue weighted by Crippen LogP contribution is -2.44. The van der Waals surface area contributed by atoms with Crippen LogP contribution >= 0.6 is 11.8 Å². The van der Waals surface area contributed by atoms with Crippen LogP contribution in [-0.4, -0.2) is 65.0 Å². The molecule has 7 nitrogen and oxygen atoms in total. The number of hydrogen-bond acceptors (Lipinski definition) is 6. The van der Waals surface area contributed by atoms with Gasteiger partial charge in [0.05, 0.1) is 16.9 Å². The second-order valence-electron chi connectivity index (χ2n) is 8.89. The number of thioether (sulfide) groups is 1. The van der Waals surface area contributed by atoms with Crippen molar-refractivity contribution >= 4 is 52.1 Å². The maximum Gasteiger partial charge on any atom is 0.225 e. The average molecular weight is 499 g/mol. The van der Waals surface area contributed by atoms with Crippen molar-refractivity contribution in [3.63, 3.8) is 0 Å². The van der Waals surface area contributed by atoms with Crippen LogP contribution < -0.4 is 10.2 Å². The SMILES string of the molecule is CN1CCN(c2cccc(NC(=O)CCSc3ccc4c(/C=C/c5ccccn5)n[nH]c4c3)c2)CC1. The number of hydrogen-bond donors (Lipinski definition) is 2. The highest BCUT2D eigenvalue weighted by Crippen LogP contribution is 2.26. The molecule has 3 heterocycles. The Labute approximate surface area is 215 Å². The lowest BCUT2D eigenvalue weighted by Gasteiger charge is -2.34. The number of amides is 1. The van der Waals surface area contributed by atoms with Gasteiger partial charge in [0.15, 0.2) is 0 Å². The van der Waals surface area contributed by atoms with Gasteiger partial charge in [0.2, 0.25) is 5.91 Å². The van der Waals surface area contributed by atoms with Crippen LogP contribution in [0, 0.1) is 0 Å². The van der Waals surface area contributed by atoms with Crippen molar-refractivity contribution < 1.29 is 4.79 Å². The topological polar surface area (TPSA) is 77.2 Å². The highest BCUT2D eigenvalue weighted by Gasteiger charge is 2.15. The summed E-state index contributed by atoms with van der Waals surface area (Å²) in [6, 6.07) is 20.2. The van der Waals surface area contributed by atoms with Crippen molar-refractivity contribution in [2.24, 2.45) is 0 Å². The van der Waals surface area contributed by atoms with Crippen molar-refractivity contribution in [2.45, 2.75) is 11.3 Å². The highest BCUT2D eigenvalue weighted by molar-refractivity contribution is 7.99. The number of pyridine rings is 1. The predicted octanol–water partition coefficient (Wildman–Crippen LogP) is 5.00. The number of aromatic nitrogens is 3. The fraction of sp³-hybridized carbons (Fsp3) is 0.250. The molecule has 2 N–H and O–H groups in total. The number of likely N-dealkylation sites (N-methyl/N-ethyl adjacent to an activating group) is 1. The molecular formula is C28H30N6OS. The van der Waals surface area contributed by atoms with Gasteiger partial charge in [-0.05, 0) is 67.7 Å². The molecule has 0 radical (unpaired) electrons. The Morgan fingerprint density at radius 2 is 1.94 bits per heavy atom. The summed E-state index contributed by atoms with van der Waals surface area (Å²) in [6.07, 6.45) is 6.15. The van der Waals surface area contributed by atoms with E-state index in [1.165, 1.54) is 0 Å². The zero-order chi connectivity index (χ0) is 24.7. The first-order chi connectivity index (χ1) is 17.6. The molecule has 0 unspecified atom stereocenters. The van der Waals surface area contributed by atoms with Gasteiger partial charge in [0.1, 0.15) is 0 Å². The number of anilines is 2. The van der Waals surface area contributed by atoms with Gasteiger partial charge in [-0.25, -0.2) is 0 Å². The normalized spacial score (nSPS) is 14.5. The Bertz CT molecular complexity index is 1340. The molecule has 36 heavy (non-hydrogen) atoms. The molecule has 0 saturated carbocycles. The van der Waals surface area contributed by atoms with Crippen molar-refractivity contribution in [3.05, 3.63) is 78.2 Å². The van der Waals surface area contributed by atoms with Gasteiger partial charge in [-0.3, -0.25) is 14.9 Å². The van der Waals surface area contributed by atoms with E-state index in [2.05, 4.69) is 67.7 Å². The molecular weight excluding hydrogens is 468 g/mol. The monoisotopic (exact) mass is 498 g/mol. The summed E-state index contributed by atoms with van der Waals surface area (Å²) in [4.78, 5) is 22.7. The number of aromatic amines is 1. The Morgan fingerprint density at radius 1 is 1.06 bits per heavy atom. The molecule has 0 spiro atoms. The first-order valence-electron chi connectivity index (χ1n) is 12.2. The zero-order valence-electron chi connectivity index (χ0n) is 20.4. The molecule has 1 aliphatic heterocycles. The van der Waals surface area contributed by atoms with E-state index in [0.29, 0.717) is 12.2 Å². The summed E-state index contributed by atoms with van der Waals surface area (Å²) in [6.45, 7) is 4.13. The minimum atomic E-state index is 0.0302. The first-order valence-corrected chi connectivity index (χ1v) is 13.2. The molecule has 8 heteroatoms. The fourth-order valence-electron chi connectivity index (χ4n) is 4.21. The Morgan fingerprint density at radius 3 is 2.78 bits per heavy atom. The number of carbonyl (C=O) groups is 1. The third-order valence-electron chi connectivity index (χ3n) is 6.26. The molecule has 1 fully saturated rings. The van der Waals surface area contributed by atoms with E-state index in [4.69, 9.17) is 0 Å². The number of nitrogens with one attached hydrogen (secondary N) is 2. The summed E-state index contributed by atoms with van der Waals surface area (Å²) >= 11 is 1.67. The summed E-state index contributed by atoms with van der Waals surface area (Å²) in [5.74, 6) is 0.735. The predicted molar refractivity (Wildman–Crippen MR) is 149 cm³/mol. The highest BCUT2D eigenvalue weighted by atomic mass is 32.2. The van der Waals surface area contributed by atoms with Crippen LogP contribution in [-0.2, 0) is 4.79 Å². The van der Waals surface area contributed by atoms with E-state index >= 15 is 0 Å². The van der Waals surface area contributed by atoms with Crippen molar-refractivity contribution in [3.8, 4) is 0 Å². The number of piperazine rings is 1. The van der Waals surface area contributed by atoms with E-state index < -0.39 is 0 Å². The number of fused-ring (bicyclic) bond motifs is 1. The van der Waals surface area contributed by atoms with Gasteiger partial charge in [0.25, 0.3) is 0 Å². The third-order valence-corrected chi connectivity index (χ3v) is 7.26. The van der Waals surface area contributed by atoms with Crippen LogP contribution in [0.3, 0.4) is 0 Å². The van der Waals surface area contributed by atoms with E-state index in [1.54, 1.807) is 18.0 Å². The van der Waals surface area contributed by atoms with Crippen LogP contribution in [0.15, 0.2) is 71.8 Å². The smallest absolute Gasteiger partial charge is 0.225 e. The van der Waals surface area contributed by atoms with Gasteiger partial charge in [-0.15, -0.1) is 11.8 Å². The molecule has 5 rings (SSSR count). The van der Waals surface area contributed by atoms with Gasteiger partial charge < -0.3 is 15.1 Å². The second-order valence-corrected chi connectivity index (χ2v) is 10.1. The summed E-state index contributed by atoms with van der Waals surface area (Å²) < 4.78 is 0. The molecule has 2 aromatic carbocycles. The molecule has 1 saturated heterocycles. The van der Waals surface area contributed by atoms with Crippen LogP contribution in [0.1, 0.15) is 17.8 Å². The molecule has 0 bridgehead atoms. The van der Waals surface area contributed by atoms with E-state index in [-0.39, 0.29) is 5.91 Å². The van der Waals surface area contributed by atoms with Crippen LogP contribution in [0.5, 0.6) is 0 Å². The quantitative estimate of drug-likeness (QED) is 0.333. The lowest BCUT2D eigenvalue weighted by atomic mass is 10.2. The molecule has 0 atom stereocenters. The number of benzene rings is 2. The maximum atomic E-state index is 12.6. The zero-order valence-corrected chi connectivity index (χ0v) is 21.2. The molecule has 184 valence electrons. The summed E-state index contributed by atoms with van der Waals surface area (Å²) in [5.41, 5.74) is 4.77. The fourth-order valence-corrected chi connectivity index (χ4v) is 5.09. The summed E-state index contributed by atoms with van der Waals surface area (Å²) in [5, 5.41) is 11.7. The van der Waals surface area contributed by atoms with Gasteiger partial charge in [-0.1, -0.05) is 12.1 Å². The maximum absolute atomic E-state index is 12.6. The number of rotatable bonds is 8. The van der Waals surface area contributed by atoms with E-state index in [0.717, 1.165) is 64.7 Å². The number of H-pyrrole nitrogens is 1.